The predicted octanol–water partition coefficient (Wildman–Crippen LogP) is 6.42. The molecule has 21 heavy (non-hydrogen) atoms. The lowest BCUT2D eigenvalue weighted by Gasteiger charge is -2.10. The van der Waals surface area contributed by atoms with Gasteiger partial charge in [-0.15, -0.1) is 0 Å². The fourth-order valence-electron chi connectivity index (χ4n) is 2.87. The molecule has 4 aromatic carbocycles. The van der Waals surface area contributed by atoms with Crippen molar-refractivity contribution in [1.82, 2.24) is 0 Å². The molecule has 0 amide bonds. The molecule has 0 nitrogen and oxygen atoms in total. The highest BCUT2D eigenvalue weighted by Crippen LogP contribution is 2.35. The van der Waals surface area contributed by atoms with Gasteiger partial charge in [0.15, 0.2) is 0 Å². The van der Waals surface area contributed by atoms with Gasteiger partial charge in [0.2, 0.25) is 0 Å². The van der Waals surface area contributed by atoms with Crippen molar-refractivity contribution in [2.75, 3.05) is 0 Å². The summed E-state index contributed by atoms with van der Waals surface area (Å²) in [4.78, 5) is 0. The second kappa shape index (κ2) is 5.01. The first-order chi connectivity index (χ1) is 10.3. The Morgan fingerprint density at radius 1 is 0.571 bits per heavy atom. The molecule has 0 fully saturated rings. The van der Waals surface area contributed by atoms with Crippen LogP contribution in [0.5, 0.6) is 0 Å². The van der Waals surface area contributed by atoms with E-state index in [-0.39, 0.29) is 0 Å². The maximum absolute atomic E-state index is 3.72. The Hall–Kier alpha value is -2.12. The van der Waals surface area contributed by atoms with E-state index < -0.39 is 0 Å². The first kappa shape index (κ1) is 12.6. The van der Waals surface area contributed by atoms with Gasteiger partial charge in [0.25, 0.3) is 0 Å². The lowest BCUT2D eigenvalue weighted by atomic mass is 9.97. The molecule has 0 aliphatic carbocycles. The maximum Gasteiger partial charge on any atom is 0.0260 e. The van der Waals surface area contributed by atoms with E-state index in [9.17, 15) is 0 Å². The monoisotopic (exact) mass is 332 g/mol. The van der Waals surface area contributed by atoms with Gasteiger partial charge in [0.1, 0.15) is 0 Å². The molecule has 0 N–H and O–H groups in total. The van der Waals surface area contributed by atoms with E-state index >= 15 is 0 Å². The third-order valence-corrected chi connectivity index (χ3v) is 4.57. The zero-order valence-corrected chi connectivity index (χ0v) is 13.0. The van der Waals surface area contributed by atoms with Crippen LogP contribution in [0.15, 0.2) is 83.3 Å². The minimum atomic E-state index is 1.14. The first-order valence-electron chi connectivity index (χ1n) is 6.99. The van der Waals surface area contributed by atoms with Gasteiger partial charge in [-0.05, 0) is 44.8 Å². The molecule has 0 bridgehead atoms. The lowest BCUT2D eigenvalue weighted by molar-refractivity contribution is 1.62. The molecule has 0 unspecified atom stereocenters. The van der Waals surface area contributed by atoms with Gasteiger partial charge < -0.3 is 0 Å². The SMILES string of the molecule is Brc1cc2ccc3ccccc3c2cc1-c1ccccc1. The molecule has 0 saturated carbocycles. The summed E-state index contributed by atoms with van der Waals surface area (Å²) < 4.78 is 1.14. The number of hydrogen-bond acceptors (Lipinski definition) is 0. The summed E-state index contributed by atoms with van der Waals surface area (Å²) in [5, 5.41) is 5.15. The topological polar surface area (TPSA) is 0 Å². The van der Waals surface area contributed by atoms with E-state index in [2.05, 4.69) is 88.7 Å². The van der Waals surface area contributed by atoms with Crippen LogP contribution in [0.1, 0.15) is 0 Å². The molecular formula is C20H13Br. The zero-order valence-electron chi connectivity index (χ0n) is 11.4. The Morgan fingerprint density at radius 3 is 2.14 bits per heavy atom. The number of hydrogen-bond donors (Lipinski definition) is 0. The van der Waals surface area contributed by atoms with E-state index in [4.69, 9.17) is 0 Å². The van der Waals surface area contributed by atoms with Crippen LogP contribution in [0.3, 0.4) is 0 Å². The van der Waals surface area contributed by atoms with Crippen molar-refractivity contribution in [3.8, 4) is 11.1 Å². The summed E-state index contributed by atoms with van der Waals surface area (Å²) in [5.74, 6) is 0. The van der Waals surface area contributed by atoms with Crippen molar-refractivity contribution < 1.29 is 0 Å². The summed E-state index contributed by atoms with van der Waals surface area (Å²) >= 11 is 3.72. The van der Waals surface area contributed by atoms with E-state index in [0.29, 0.717) is 0 Å². The van der Waals surface area contributed by atoms with E-state index in [1.54, 1.807) is 0 Å². The van der Waals surface area contributed by atoms with Crippen LogP contribution in [0, 0.1) is 0 Å². The quantitative estimate of drug-likeness (QED) is 0.352. The number of halogens is 1. The molecule has 0 aliphatic rings. The predicted molar refractivity (Wildman–Crippen MR) is 94.6 cm³/mol. The second-order valence-corrected chi connectivity index (χ2v) is 6.06. The minimum absolute atomic E-state index is 1.14. The van der Waals surface area contributed by atoms with Crippen molar-refractivity contribution in [2.45, 2.75) is 0 Å². The number of rotatable bonds is 1. The van der Waals surface area contributed by atoms with Crippen LogP contribution in [0.4, 0.5) is 0 Å². The fraction of sp³-hybridized carbons (Fsp3) is 0. The largest absolute Gasteiger partial charge is 0.0622 e. The molecule has 0 saturated heterocycles. The smallest absolute Gasteiger partial charge is 0.0260 e. The van der Waals surface area contributed by atoms with Gasteiger partial charge in [0.05, 0.1) is 0 Å². The van der Waals surface area contributed by atoms with Crippen LogP contribution in [0.2, 0.25) is 0 Å². The summed E-state index contributed by atoms with van der Waals surface area (Å²) in [6.07, 6.45) is 0. The summed E-state index contributed by atoms with van der Waals surface area (Å²) in [7, 11) is 0. The van der Waals surface area contributed by atoms with E-state index in [0.717, 1.165) is 4.47 Å². The summed E-state index contributed by atoms with van der Waals surface area (Å²) in [6.45, 7) is 0. The minimum Gasteiger partial charge on any atom is -0.0622 e. The Bertz CT molecular complexity index is 940. The highest BCUT2D eigenvalue weighted by atomic mass is 79.9. The molecular weight excluding hydrogens is 320 g/mol. The molecule has 0 aromatic heterocycles. The maximum atomic E-state index is 3.72. The third kappa shape index (κ3) is 2.14. The lowest BCUT2D eigenvalue weighted by Crippen LogP contribution is -1.83. The van der Waals surface area contributed by atoms with Crippen LogP contribution < -0.4 is 0 Å². The van der Waals surface area contributed by atoms with Crippen molar-refractivity contribution in [3.63, 3.8) is 0 Å². The van der Waals surface area contributed by atoms with Crippen LogP contribution in [-0.2, 0) is 0 Å². The van der Waals surface area contributed by atoms with Gasteiger partial charge >= 0.3 is 0 Å². The molecule has 0 spiro atoms. The van der Waals surface area contributed by atoms with Crippen molar-refractivity contribution in [1.29, 1.82) is 0 Å². The highest BCUT2D eigenvalue weighted by molar-refractivity contribution is 9.10. The van der Waals surface area contributed by atoms with Crippen LogP contribution in [0.25, 0.3) is 32.7 Å². The average Bonchev–Trinajstić information content (AvgIpc) is 2.55. The Labute approximate surface area is 132 Å². The second-order valence-electron chi connectivity index (χ2n) is 5.21. The zero-order chi connectivity index (χ0) is 14.2. The molecule has 100 valence electrons. The summed E-state index contributed by atoms with van der Waals surface area (Å²) in [5.41, 5.74) is 2.47. The fourth-order valence-corrected chi connectivity index (χ4v) is 3.46. The van der Waals surface area contributed by atoms with E-state index in [1.165, 1.54) is 32.7 Å². The number of fused-ring (bicyclic) bond motifs is 3. The first-order valence-corrected chi connectivity index (χ1v) is 7.79. The standard InChI is InChI=1S/C20H13Br/c21-20-12-16-11-10-15-8-4-5-9-17(15)18(16)13-19(20)14-6-2-1-3-7-14/h1-13H. The van der Waals surface area contributed by atoms with E-state index in [1.807, 2.05) is 6.07 Å². The van der Waals surface area contributed by atoms with Crippen molar-refractivity contribution >= 4 is 37.5 Å². The summed E-state index contributed by atoms with van der Waals surface area (Å²) in [6, 6.07) is 27.9. The van der Waals surface area contributed by atoms with Crippen molar-refractivity contribution in [3.05, 3.63) is 83.3 Å². The molecule has 4 rings (SSSR count). The van der Waals surface area contributed by atoms with Crippen LogP contribution in [-0.4, -0.2) is 0 Å². The normalized spacial score (nSPS) is 11.1. The van der Waals surface area contributed by atoms with Gasteiger partial charge in [-0.3, -0.25) is 0 Å². The molecule has 4 aromatic rings. The third-order valence-electron chi connectivity index (χ3n) is 3.92. The van der Waals surface area contributed by atoms with Gasteiger partial charge in [-0.1, -0.05) is 82.7 Å². The molecule has 0 aliphatic heterocycles. The average molecular weight is 333 g/mol. The van der Waals surface area contributed by atoms with Gasteiger partial charge in [-0.25, -0.2) is 0 Å². The van der Waals surface area contributed by atoms with Crippen molar-refractivity contribution in [2.24, 2.45) is 0 Å². The van der Waals surface area contributed by atoms with Gasteiger partial charge in [0, 0.05) is 4.47 Å². The van der Waals surface area contributed by atoms with Gasteiger partial charge in [-0.2, -0.15) is 0 Å². The Morgan fingerprint density at radius 2 is 1.29 bits per heavy atom. The Kier molecular flexibility index (Phi) is 3.01. The molecule has 0 atom stereocenters. The molecule has 0 heterocycles. The van der Waals surface area contributed by atoms with Crippen LogP contribution >= 0.6 is 15.9 Å². The molecule has 0 radical (unpaired) electrons. The Balaban J connectivity index is 2.09. The molecule has 1 heteroatoms. The highest BCUT2D eigenvalue weighted by Gasteiger charge is 2.07. The number of benzene rings is 4.